The van der Waals surface area contributed by atoms with E-state index in [1.54, 1.807) is 0 Å². The van der Waals surface area contributed by atoms with Gasteiger partial charge < -0.3 is 9.64 Å². The van der Waals surface area contributed by atoms with Crippen molar-refractivity contribution in [2.24, 2.45) is 11.3 Å². The summed E-state index contributed by atoms with van der Waals surface area (Å²) in [5, 5.41) is 0. The van der Waals surface area contributed by atoms with Crippen LogP contribution in [0, 0.1) is 11.3 Å². The first-order valence-corrected chi connectivity index (χ1v) is 8.68. The molecule has 2 fully saturated rings. The van der Waals surface area contributed by atoms with Crippen LogP contribution < -0.4 is 0 Å². The second kappa shape index (κ2) is 7.33. The van der Waals surface area contributed by atoms with Gasteiger partial charge in [0.25, 0.3) is 0 Å². The largest absolute Gasteiger partial charge is 0.380 e. The SMILES string of the molecule is COC1CN(CC2(CS)CCCCCC2)CCC1C. The summed E-state index contributed by atoms with van der Waals surface area (Å²) in [5.41, 5.74) is 0.471. The predicted molar refractivity (Wildman–Crippen MR) is 85.0 cm³/mol. The maximum absolute atomic E-state index is 5.65. The Labute approximate surface area is 124 Å². The summed E-state index contributed by atoms with van der Waals surface area (Å²) in [6.07, 6.45) is 10.1. The molecular formula is C16H31NOS. The maximum atomic E-state index is 5.65. The topological polar surface area (TPSA) is 12.5 Å². The smallest absolute Gasteiger partial charge is 0.0724 e. The minimum absolute atomic E-state index is 0.427. The molecule has 0 amide bonds. The fourth-order valence-corrected chi connectivity index (χ4v) is 4.28. The van der Waals surface area contributed by atoms with Crippen LogP contribution in [-0.4, -0.2) is 43.5 Å². The summed E-state index contributed by atoms with van der Waals surface area (Å²) >= 11 is 4.70. The third kappa shape index (κ3) is 4.12. The highest BCUT2D eigenvalue weighted by molar-refractivity contribution is 7.80. The molecule has 112 valence electrons. The van der Waals surface area contributed by atoms with Gasteiger partial charge in [-0.2, -0.15) is 12.6 Å². The minimum atomic E-state index is 0.427. The van der Waals surface area contributed by atoms with Gasteiger partial charge in [-0.15, -0.1) is 0 Å². The molecule has 0 radical (unpaired) electrons. The van der Waals surface area contributed by atoms with E-state index < -0.39 is 0 Å². The van der Waals surface area contributed by atoms with E-state index in [1.165, 1.54) is 58.0 Å². The number of rotatable bonds is 4. The van der Waals surface area contributed by atoms with Crippen LogP contribution in [0.2, 0.25) is 0 Å². The van der Waals surface area contributed by atoms with Crippen molar-refractivity contribution in [3.63, 3.8) is 0 Å². The number of methoxy groups -OCH3 is 1. The first-order valence-electron chi connectivity index (χ1n) is 8.05. The summed E-state index contributed by atoms with van der Waals surface area (Å²) in [4.78, 5) is 2.65. The van der Waals surface area contributed by atoms with E-state index in [9.17, 15) is 0 Å². The van der Waals surface area contributed by atoms with Gasteiger partial charge in [-0.25, -0.2) is 0 Å². The minimum Gasteiger partial charge on any atom is -0.380 e. The van der Waals surface area contributed by atoms with Crippen LogP contribution in [0.4, 0.5) is 0 Å². The van der Waals surface area contributed by atoms with Crippen molar-refractivity contribution < 1.29 is 4.74 Å². The standard InChI is InChI=1S/C16H31NOS/c1-14-7-10-17(11-15(14)18-2)12-16(13-19)8-5-3-4-6-9-16/h14-15,19H,3-13H2,1-2H3. The van der Waals surface area contributed by atoms with Crippen molar-refractivity contribution in [2.45, 2.75) is 58.0 Å². The Bertz CT molecular complexity index is 263. The first kappa shape index (κ1) is 15.7. The zero-order valence-electron chi connectivity index (χ0n) is 12.7. The highest BCUT2D eigenvalue weighted by Crippen LogP contribution is 2.37. The van der Waals surface area contributed by atoms with Gasteiger partial charge in [0.1, 0.15) is 0 Å². The van der Waals surface area contributed by atoms with E-state index in [0.29, 0.717) is 17.4 Å². The molecule has 2 atom stereocenters. The number of hydrogen-bond donors (Lipinski definition) is 1. The molecule has 1 aliphatic carbocycles. The average Bonchev–Trinajstić information content (AvgIpc) is 2.67. The molecule has 0 aromatic heterocycles. The fourth-order valence-electron chi connectivity index (χ4n) is 3.87. The Kier molecular flexibility index (Phi) is 6.04. The van der Waals surface area contributed by atoms with Gasteiger partial charge in [0.15, 0.2) is 0 Å². The zero-order valence-corrected chi connectivity index (χ0v) is 13.6. The third-order valence-corrected chi connectivity index (χ3v) is 6.01. The van der Waals surface area contributed by atoms with E-state index >= 15 is 0 Å². The molecule has 1 saturated heterocycles. The van der Waals surface area contributed by atoms with Gasteiger partial charge in [-0.3, -0.25) is 0 Å². The average molecular weight is 285 g/mol. The van der Waals surface area contributed by atoms with Gasteiger partial charge in [-0.1, -0.05) is 32.6 Å². The highest BCUT2D eigenvalue weighted by atomic mass is 32.1. The molecular weight excluding hydrogens is 254 g/mol. The maximum Gasteiger partial charge on any atom is 0.0724 e. The Morgan fingerprint density at radius 1 is 1.21 bits per heavy atom. The Hall–Kier alpha value is 0.270. The lowest BCUT2D eigenvalue weighted by atomic mass is 9.81. The molecule has 1 saturated carbocycles. The predicted octanol–water partition coefficient (Wildman–Crippen LogP) is 3.61. The number of hydrogen-bond acceptors (Lipinski definition) is 3. The molecule has 1 heterocycles. The van der Waals surface area contributed by atoms with E-state index in [1.807, 2.05) is 7.11 Å². The molecule has 0 spiro atoms. The van der Waals surface area contributed by atoms with E-state index in [-0.39, 0.29) is 0 Å². The van der Waals surface area contributed by atoms with Crippen LogP contribution in [0.25, 0.3) is 0 Å². The van der Waals surface area contributed by atoms with Crippen LogP contribution in [0.1, 0.15) is 51.9 Å². The van der Waals surface area contributed by atoms with E-state index in [4.69, 9.17) is 17.4 Å². The quantitative estimate of drug-likeness (QED) is 0.626. The Balaban J connectivity index is 1.93. The van der Waals surface area contributed by atoms with Gasteiger partial charge in [0.2, 0.25) is 0 Å². The van der Waals surface area contributed by atoms with Gasteiger partial charge in [0, 0.05) is 20.2 Å². The lowest BCUT2D eigenvalue weighted by Gasteiger charge is -2.42. The molecule has 2 rings (SSSR count). The van der Waals surface area contributed by atoms with Gasteiger partial charge in [-0.05, 0) is 42.9 Å². The second-order valence-electron chi connectivity index (χ2n) is 6.85. The van der Waals surface area contributed by atoms with Gasteiger partial charge >= 0.3 is 0 Å². The van der Waals surface area contributed by atoms with Crippen molar-refractivity contribution in [2.75, 3.05) is 32.5 Å². The van der Waals surface area contributed by atoms with Crippen molar-refractivity contribution in [1.29, 1.82) is 0 Å². The van der Waals surface area contributed by atoms with Crippen LogP contribution in [0.15, 0.2) is 0 Å². The molecule has 0 bridgehead atoms. The molecule has 0 aromatic carbocycles. The van der Waals surface area contributed by atoms with Crippen molar-refractivity contribution >= 4 is 12.6 Å². The zero-order chi connectivity index (χ0) is 13.7. The molecule has 1 aliphatic heterocycles. The molecule has 2 unspecified atom stereocenters. The molecule has 3 heteroatoms. The van der Waals surface area contributed by atoms with E-state index in [0.717, 1.165) is 12.3 Å². The second-order valence-corrected chi connectivity index (χ2v) is 7.16. The molecule has 0 N–H and O–H groups in total. The first-order chi connectivity index (χ1) is 9.19. The Morgan fingerprint density at radius 3 is 2.47 bits per heavy atom. The summed E-state index contributed by atoms with van der Waals surface area (Å²) in [7, 11) is 1.87. The number of nitrogens with zero attached hydrogens (tertiary/aromatic N) is 1. The molecule has 2 aliphatic rings. The number of thiol groups is 1. The summed E-state index contributed by atoms with van der Waals surface area (Å²) < 4.78 is 5.65. The fraction of sp³-hybridized carbons (Fsp3) is 1.00. The number of likely N-dealkylation sites (tertiary alicyclic amines) is 1. The molecule has 2 nitrogen and oxygen atoms in total. The summed E-state index contributed by atoms with van der Waals surface area (Å²) in [6, 6.07) is 0. The van der Waals surface area contributed by atoms with Crippen LogP contribution in [-0.2, 0) is 4.74 Å². The normalized spacial score (nSPS) is 33.0. The number of ether oxygens (including phenoxy) is 1. The summed E-state index contributed by atoms with van der Waals surface area (Å²) in [6.45, 7) is 5.93. The lowest BCUT2D eigenvalue weighted by Crippen LogP contribution is -2.48. The van der Waals surface area contributed by atoms with Crippen LogP contribution in [0.5, 0.6) is 0 Å². The van der Waals surface area contributed by atoms with Gasteiger partial charge in [0.05, 0.1) is 6.10 Å². The van der Waals surface area contributed by atoms with E-state index in [2.05, 4.69) is 11.8 Å². The monoisotopic (exact) mass is 285 g/mol. The lowest BCUT2D eigenvalue weighted by molar-refractivity contribution is -0.0174. The highest BCUT2D eigenvalue weighted by Gasteiger charge is 2.34. The van der Waals surface area contributed by atoms with Crippen molar-refractivity contribution in [3.8, 4) is 0 Å². The molecule has 19 heavy (non-hydrogen) atoms. The Morgan fingerprint density at radius 2 is 1.89 bits per heavy atom. The van der Waals surface area contributed by atoms with Crippen molar-refractivity contribution in [3.05, 3.63) is 0 Å². The third-order valence-electron chi connectivity index (χ3n) is 5.33. The summed E-state index contributed by atoms with van der Waals surface area (Å²) in [5.74, 6) is 1.76. The molecule has 0 aromatic rings. The van der Waals surface area contributed by atoms with Crippen LogP contribution in [0.3, 0.4) is 0 Å². The van der Waals surface area contributed by atoms with Crippen molar-refractivity contribution in [1.82, 2.24) is 4.90 Å². The van der Waals surface area contributed by atoms with Crippen LogP contribution >= 0.6 is 12.6 Å². The number of piperidine rings is 1.